The molecule has 106 valence electrons. The van der Waals surface area contributed by atoms with Crippen LogP contribution in [0, 0.1) is 6.92 Å². The molecular formula is C17H22N2O. The summed E-state index contributed by atoms with van der Waals surface area (Å²) in [6.07, 6.45) is 0. The summed E-state index contributed by atoms with van der Waals surface area (Å²) in [7, 11) is 3.89. The smallest absolute Gasteiger partial charge is 0.122 e. The van der Waals surface area contributed by atoms with Gasteiger partial charge in [0.05, 0.1) is 0 Å². The number of hydrogen-bond acceptors (Lipinski definition) is 3. The Morgan fingerprint density at radius 2 is 1.65 bits per heavy atom. The van der Waals surface area contributed by atoms with Crippen molar-refractivity contribution in [3.05, 3.63) is 53.6 Å². The van der Waals surface area contributed by atoms with Crippen LogP contribution in [0.5, 0.6) is 5.75 Å². The first-order valence-electron chi connectivity index (χ1n) is 6.83. The molecule has 0 aromatic heterocycles. The molecule has 0 spiro atoms. The number of hydrogen-bond donors (Lipinski definition) is 2. The van der Waals surface area contributed by atoms with Crippen LogP contribution >= 0.6 is 0 Å². The van der Waals surface area contributed by atoms with Gasteiger partial charge in [-0.1, -0.05) is 23.8 Å². The topological polar surface area (TPSA) is 35.5 Å². The molecule has 0 aliphatic rings. The highest BCUT2D eigenvalue weighted by Crippen LogP contribution is 2.31. The van der Waals surface area contributed by atoms with Crippen LogP contribution in [0.1, 0.15) is 24.1 Å². The molecule has 2 aromatic rings. The monoisotopic (exact) mass is 270 g/mol. The van der Waals surface area contributed by atoms with E-state index >= 15 is 0 Å². The zero-order chi connectivity index (χ0) is 14.7. The third kappa shape index (κ3) is 2.94. The highest BCUT2D eigenvalue weighted by atomic mass is 16.3. The van der Waals surface area contributed by atoms with E-state index < -0.39 is 0 Å². The van der Waals surface area contributed by atoms with Crippen molar-refractivity contribution in [1.29, 1.82) is 0 Å². The standard InChI is InChI=1S/C17H22N2O/c1-12-5-7-14(8-6-12)19(4)15-9-10-16(13(2)18-3)17(20)11-15/h5-11,13,18,20H,1-4H3. The number of benzene rings is 2. The van der Waals surface area contributed by atoms with E-state index in [-0.39, 0.29) is 6.04 Å². The third-order valence-electron chi connectivity index (χ3n) is 3.72. The minimum Gasteiger partial charge on any atom is -0.508 e. The molecule has 1 atom stereocenters. The Bertz CT molecular complexity index is 578. The Hall–Kier alpha value is -2.00. The van der Waals surface area contributed by atoms with Gasteiger partial charge in [0, 0.05) is 36.1 Å². The molecular weight excluding hydrogens is 248 g/mol. The fraction of sp³-hybridized carbons (Fsp3) is 0.294. The van der Waals surface area contributed by atoms with Gasteiger partial charge in [0.15, 0.2) is 0 Å². The molecule has 0 amide bonds. The van der Waals surface area contributed by atoms with Crippen molar-refractivity contribution < 1.29 is 5.11 Å². The third-order valence-corrected chi connectivity index (χ3v) is 3.72. The molecule has 20 heavy (non-hydrogen) atoms. The lowest BCUT2D eigenvalue weighted by Gasteiger charge is -2.21. The second-order valence-electron chi connectivity index (χ2n) is 5.15. The first kappa shape index (κ1) is 14.4. The summed E-state index contributed by atoms with van der Waals surface area (Å²) in [5, 5.41) is 13.3. The second-order valence-corrected chi connectivity index (χ2v) is 5.15. The quantitative estimate of drug-likeness (QED) is 0.888. The van der Waals surface area contributed by atoms with Gasteiger partial charge >= 0.3 is 0 Å². The largest absolute Gasteiger partial charge is 0.508 e. The summed E-state index contributed by atoms with van der Waals surface area (Å²) >= 11 is 0. The molecule has 1 unspecified atom stereocenters. The van der Waals surface area contributed by atoms with E-state index in [1.54, 1.807) is 0 Å². The van der Waals surface area contributed by atoms with E-state index in [0.717, 1.165) is 16.9 Å². The van der Waals surface area contributed by atoms with E-state index in [4.69, 9.17) is 0 Å². The first-order valence-corrected chi connectivity index (χ1v) is 6.83. The predicted octanol–water partition coefficient (Wildman–Crippen LogP) is 3.75. The van der Waals surface area contributed by atoms with Gasteiger partial charge in [0.1, 0.15) is 5.75 Å². The Labute approximate surface area is 120 Å². The Balaban J connectivity index is 2.29. The molecule has 2 rings (SSSR count). The van der Waals surface area contributed by atoms with Crippen molar-refractivity contribution in [2.45, 2.75) is 19.9 Å². The number of nitrogens with one attached hydrogen (secondary N) is 1. The molecule has 2 aromatic carbocycles. The summed E-state index contributed by atoms with van der Waals surface area (Å²) in [6, 6.07) is 14.3. The molecule has 3 heteroatoms. The number of phenolic OH excluding ortho intramolecular Hbond substituents is 1. The van der Waals surface area contributed by atoms with Gasteiger partial charge in [-0.3, -0.25) is 0 Å². The van der Waals surface area contributed by atoms with Crippen LogP contribution in [0.15, 0.2) is 42.5 Å². The van der Waals surface area contributed by atoms with E-state index in [0.29, 0.717) is 5.75 Å². The van der Waals surface area contributed by atoms with Gasteiger partial charge in [-0.25, -0.2) is 0 Å². The molecule has 0 fully saturated rings. The van der Waals surface area contributed by atoms with Crippen LogP contribution in [-0.4, -0.2) is 19.2 Å². The van der Waals surface area contributed by atoms with E-state index in [9.17, 15) is 5.11 Å². The van der Waals surface area contributed by atoms with Crippen molar-refractivity contribution >= 4 is 11.4 Å². The molecule has 0 saturated heterocycles. The summed E-state index contributed by atoms with van der Waals surface area (Å²) in [5.74, 6) is 0.323. The molecule has 0 aliphatic carbocycles. The first-order chi connectivity index (χ1) is 9.52. The molecule has 0 saturated carbocycles. The Morgan fingerprint density at radius 3 is 2.20 bits per heavy atom. The Kier molecular flexibility index (Phi) is 4.30. The van der Waals surface area contributed by atoms with E-state index in [1.807, 2.05) is 39.2 Å². The van der Waals surface area contributed by atoms with Gasteiger partial charge in [0.25, 0.3) is 0 Å². The molecule has 0 aliphatic heterocycles. The van der Waals surface area contributed by atoms with Gasteiger partial charge in [-0.05, 0) is 39.1 Å². The molecule has 2 N–H and O–H groups in total. The van der Waals surface area contributed by atoms with Gasteiger partial charge in [-0.2, -0.15) is 0 Å². The average Bonchev–Trinajstić information content (AvgIpc) is 2.46. The van der Waals surface area contributed by atoms with Gasteiger partial charge in [0.2, 0.25) is 0 Å². The summed E-state index contributed by atoms with van der Waals surface area (Å²) in [6.45, 7) is 4.10. The minimum atomic E-state index is 0.133. The van der Waals surface area contributed by atoms with Crippen molar-refractivity contribution in [3.8, 4) is 5.75 Å². The summed E-state index contributed by atoms with van der Waals surface area (Å²) < 4.78 is 0. The second kappa shape index (κ2) is 5.97. The van der Waals surface area contributed by atoms with Crippen molar-refractivity contribution in [1.82, 2.24) is 5.32 Å². The molecule has 0 heterocycles. The van der Waals surface area contributed by atoms with Crippen molar-refractivity contribution in [3.63, 3.8) is 0 Å². The maximum atomic E-state index is 10.2. The number of aryl methyl sites for hydroxylation is 1. The van der Waals surface area contributed by atoms with Crippen LogP contribution < -0.4 is 10.2 Å². The fourth-order valence-corrected chi connectivity index (χ4v) is 2.18. The summed E-state index contributed by atoms with van der Waals surface area (Å²) in [5.41, 5.74) is 4.22. The zero-order valence-corrected chi connectivity index (χ0v) is 12.5. The average molecular weight is 270 g/mol. The lowest BCUT2D eigenvalue weighted by molar-refractivity contribution is 0.458. The number of aromatic hydroxyl groups is 1. The SMILES string of the molecule is CNC(C)c1ccc(N(C)c2ccc(C)cc2)cc1O. The number of phenols is 1. The van der Waals surface area contributed by atoms with Crippen LogP contribution in [0.2, 0.25) is 0 Å². The van der Waals surface area contributed by atoms with Crippen molar-refractivity contribution in [2.24, 2.45) is 0 Å². The molecule has 0 bridgehead atoms. The number of anilines is 2. The highest BCUT2D eigenvalue weighted by Gasteiger charge is 2.11. The maximum Gasteiger partial charge on any atom is 0.122 e. The van der Waals surface area contributed by atoms with Crippen LogP contribution in [0.4, 0.5) is 11.4 Å². The molecule has 0 radical (unpaired) electrons. The number of rotatable bonds is 4. The predicted molar refractivity (Wildman–Crippen MR) is 84.8 cm³/mol. The van der Waals surface area contributed by atoms with Crippen LogP contribution in [0.25, 0.3) is 0 Å². The lowest BCUT2D eigenvalue weighted by atomic mass is 10.1. The minimum absolute atomic E-state index is 0.133. The fourth-order valence-electron chi connectivity index (χ4n) is 2.18. The molecule has 3 nitrogen and oxygen atoms in total. The lowest BCUT2D eigenvalue weighted by Crippen LogP contribution is -2.13. The normalized spacial score (nSPS) is 12.2. The van der Waals surface area contributed by atoms with E-state index in [2.05, 4.69) is 41.4 Å². The van der Waals surface area contributed by atoms with Crippen LogP contribution in [0.3, 0.4) is 0 Å². The number of nitrogens with zero attached hydrogens (tertiary/aromatic N) is 1. The maximum absolute atomic E-state index is 10.2. The van der Waals surface area contributed by atoms with Crippen LogP contribution in [-0.2, 0) is 0 Å². The Morgan fingerprint density at radius 1 is 1.05 bits per heavy atom. The highest BCUT2D eigenvalue weighted by molar-refractivity contribution is 5.65. The van der Waals surface area contributed by atoms with E-state index in [1.165, 1.54) is 5.56 Å². The van der Waals surface area contributed by atoms with Crippen molar-refractivity contribution in [2.75, 3.05) is 19.0 Å². The van der Waals surface area contributed by atoms with Gasteiger partial charge < -0.3 is 15.3 Å². The summed E-state index contributed by atoms with van der Waals surface area (Å²) in [4.78, 5) is 2.06. The van der Waals surface area contributed by atoms with Gasteiger partial charge in [-0.15, -0.1) is 0 Å². The zero-order valence-electron chi connectivity index (χ0n) is 12.5.